The molecule has 39 heavy (non-hydrogen) atoms. The summed E-state index contributed by atoms with van der Waals surface area (Å²) in [5.74, 6) is 12.2. The van der Waals surface area contributed by atoms with Crippen LogP contribution in [0.3, 0.4) is 0 Å². The van der Waals surface area contributed by atoms with Crippen LogP contribution in [0.4, 0.5) is 4.79 Å². The maximum absolute atomic E-state index is 11.8. The van der Waals surface area contributed by atoms with Crippen molar-refractivity contribution in [2.75, 3.05) is 13.2 Å². The van der Waals surface area contributed by atoms with E-state index < -0.39 is 0 Å². The van der Waals surface area contributed by atoms with Gasteiger partial charge in [-0.25, -0.2) is 4.79 Å². The number of amides is 1. The van der Waals surface area contributed by atoms with Crippen molar-refractivity contribution >= 4 is 27.9 Å². The maximum Gasteiger partial charge on any atom is 0.407 e. The molecule has 0 spiro atoms. The standard InChI is InChI=1S/C35H30N2O2/c38-35(36-25-24-28-15-8-5-9-16-28)39-26-14-4-2-1-3-7-17-29-22-23-34-32(27-29)31-20-12-13-21-33(31)37(34)30-18-10-6-11-19-30/h5-6,8-13,15-16,18-23,27H,2,4,14,24-26H2,(H,36,38). The number of para-hydroxylation sites is 2. The largest absolute Gasteiger partial charge is 0.450 e. The van der Waals surface area contributed by atoms with Crippen LogP contribution in [0.1, 0.15) is 30.4 Å². The highest BCUT2D eigenvalue weighted by Gasteiger charge is 2.11. The van der Waals surface area contributed by atoms with Crippen molar-refractivity contribution in [3.63, 3.8) is 0 Å². The second-order valence-corrected chi connectivity index (χ2v) is 9.23. The molecule has 1 N–H and O–H groups in total. The molecule has 0 aliphatic rings. The van der Waals surface area contributed by atoms with Gasteiger partial charge in [0.2, 0.25) is 0 Å². The van der Waals surface area contributed by atoms with E-state index in [1.54, 1.807) is 0 Å². The summed E-state index contributed by atoms with van der Waals surface area (Å²) in [4.78, 5) is 11.8. The predicted molar refractivity (Wildman–Crippen MR) is 159 cm³/mol. The fraction of sp³-hybridized carbons (Fsp3) is 0.171. The zero-order chi connectivity index (χ0) is 26.7. The van der Waals surface area contributed by atoms with E-state index in [1.165, 1.54) is 21.9 Å². The third-order valence-corrected chi connectivity index (χ3v) is 6.50. The van der Waals surface area contributed by atoms with Gasteiger partial charge in [0.1, 0.15) is 0 Å². The summed E-state index contributed by atoms with van der Waals surface area (Å²) >= 11 is 0. The van der Waals surface area contributed by atoms with Crippen LogP contribution in [0.5, 0.6) is 0 Å². The Hall–Kier alpha value is -4.93. The summed E-state index contributed by atoms with van der Waals surface area (Å²) in [6.45, 7) is 0.954. The topological polar surface area (TPSA) is 43.3 Å². The first kappa shape index (κ1) is 25.7. The zero-order valence-electron chi connectivity index (χ0n) is 21.8. The molecule has 1 aromatic heterocycles. The molecule has 0 unspecified atom stereocenters. The lowest BCUT2D eigenvalue weighted by atomic mass is 10.1. The Kier molecular flexibility index (Phi) is 8.60. The number of alkyl carbamates (subject to hydrolysis) is 1. The van der Waals surface area contributed by atoms with E-state index >= 15 is 0 Å². The van der Waals surface area contributed by atoms with Gasteiger partial charge in [0.25, 0.3) is 0 Å². The average Bonchev–Trinajstić information content (AvgIpc) is 3.31. The molecule has 0 atom stereocenters. The lowest BCUT2D eigenvalue weighted by Gasteiger charge is -2.07. The van der Waals surface area contributed by atoms with Gasteiger partial charge >= 0.3 is 6.09 Å². The number of carbonyl (C=O) groups is 1. The molecule has 1 heterocycles. The molecule has 0 radical (unpaired) electrons. The molecule has 4 heteroatoms. The molecule has 0 aliphatic heterocycles. The van der Waals surface area contributed by atoms with Crippen LogP contribution < -0.4 is 5.32 Å². The van der Waals surface area contributed by atoms with Crippen molar-refractivity contribution in [2.24, 2.45) is 0 Å². The highest BCUT2D eigenvalue weighted by Crippen LogP contribution is 2.32. The van der Waals surface area contributed by atoms with Crippen LogP contribution >= 0.6 is 0 Å². The molecule has 192 valence electrons. The van der Waals surface area contributed by atoms with Crippen molar-refractivity contribution in [1.29, 1.82) is 0 Å². The van der Waals surface area contributed by atoms with Gasteiger partial charge in [0, 0.05) is 35.0 Å². The quantitative estimate of drug-likeness (QED) is 0.176. The lowest BCUT2D eigenvalue weighted by Crippen LogP contribution is -2.26. The minimum Gasteiger partial charge on any atom is -0.450 e. The molecule has 5 aromatic rings. The minimum atomic E-state index is -0.369. The number of rotatable bonds is 8. The van der Waals surface area contributed by atoms with Gasteiger partial charge in [0.05, 0.1) is 17.6 Å². The molecule has 1 amide bonds. The molecular weight excluding hydrogens is 480 g/mol. The van der Waals surface area contributed by atoms with E-state index in [4.69, 9.17) is 4.74 Å². The van der Waals surface area contributed by atoms with Gasteiger partial charge in [-0.3, -0.25) is 0 Å². The molecule has 5 rings (SSSR count). The van der Waals surface area contributed by atoms with Gasteiger partial charge < -0.3 is 14.6 Å². The van der Waals surface area contributed by atoms with E-state index in [0.717, 1.165) is 42.5 Å². The Labute approximate surface area is 229 Å². The highest BCUT2D eigenvalue weighted by molar-refractivity contribution is 6.09. The average molecular weight is 511 g/mol. The zero-order valence-corrected chi connectivity index (χ0v) is 21.8. The summed E-state index contributed by atoms with van der Waals surface area (Å²) in [6, 6.07) is 35.3. The van der Waals surface area contributed by atoms with E-state index in [2.05, 4.69) is 100 Å². The highest BCUT2D eigenvalue weighted by atomic mass is 16.5. The number of carbonyl (C=O) groups excluding carboxylic acids is 1. The van der Waals surface area contributed by atoms with Gasteiger partial charge in [0.15, 0.2) is 0 Å². The first-order chi connectivity index (χ1) is 19.3. The molecule has 0 bridgehead atoms. The van der Waals surface area contributed by atoms with Crippen LogP contribution in [0, 0.1) is 23.7 Å². The molecule has 0 saturated heterocycles. The first-order valence-electron chi connectivity index (χ1n) is 13.3. The van der Waals surface area contributed by atoms with E-state index in [0.29, 0.717) is 13.2 Å². The first-order valence-corrected chi connectivity index (χ1v) is 13.3. The molecule has 0 saturated carbocycles. The van der Waals surface area contributed by atoms with Crippen molar-refractivity contribution in [3.8, 4) is 29.4 Å². The Morgan fingerprint density at radius 1 is 0.769 bits per heavy atom. The van der Waals surface area contributed by atoms with Gasteiger partial charge in [-0.15, -0.1) is 0 Å². The van der Waals surface area contributed by atoms with Crippen LogP contribution in [-0.4, -0.2) is 23.8 Å². The van der Waals surface area contributed by atoms with E-state index in [9.17, 15) is 4.79 Å². The van der Waals surface area contributed by atoms with Gasteiger partial charge in [-0.2, -0.15) is 0 Å². The lowest BCUT2D eigenvalue weighted by molar-refractivity contribution is 0.144. The summed E-state index contributed by atoms with van der Waals surface area (Å²) in [5.41, 5.74) is 5.61. The third kappa shape index (κ3) is 6.69. The van der Waals surface area contributed by atoms with Crippen LogP contribution in [0.25, 0.3) is 27.5 Å². The number of benzene rings is 4. The number of fused-ring (bicyclic) bond motifs is 3. The predicted octanol–water partition coefficient (Wildman–Crippen LogP) is 7.28. The number of hydrogen-bond acceptors (Lipinski definition) is 2. The Balaban J connectivity index is 1.10. The van der Waals surface area contributed by atoms with Gasteiger partial charge in [-0.1, -0.05) is 78.6 Å². The number of aromatic nitrogens is 1. The van der Waals surface area contributed by atoms with Crippen molar-refractivity contribution in [3.05, 3.63) is 114 Å². The van der Waals surface area contributed by atoms with Crippen molar-refractivity contribution in [2.45, 2.75) is 25.7 Å². The van der Waals surface area contributed by atoms with E-state index in [-0.39, 0.29) is 6.09 Å². The molecule has 0 aliphatic carbocycles. The summed E-state index contributed by atoms with van der Waals surface area (Å²) in [7, 11) is 0. The Morgan fingerprint density at radius 2 is 1.51 bits per heavy atom. The summed E-state index contributed by atoms with van der Waals surface area (Å²) < 4.78 is 7.52. The number of nitrogens with zero attached hydrogens (tertiary/aromatic N) is 1. The Morgan fingerprint density at radius 3 is 2.36 bits per heavy atom. The maximum atomic E-state index is 11.8. The fourth-order valence-corrected chi connectivity index (χ4v) is 4.60. The number of ether oxygens (including phenoxy) is 1. The Bertz CT molecular complexity index is 1680. The molecule has 4 nitrogen and oxygen atoms in total. The summed E-state index contributed by atoms with van der Waals surface area (Å²) in [6.07, 6.45) is 2.77. The third-order valence-electron chi connectivity index (χ3n) is 6.50. The van der Waals surface area contributed by atoms with Gasteiger partial charge in [-0.05, 0) is 73.1 Å². The minimum absolute atomic E-state index is 0.369. The van der Waals surface area contributed by atoms with Crippen molar-refractivity contribution < 1.29 is 9.53 Å². The van der Waals surface area contributed by atoms with Crippen LogP contribution in [0.15, 0.2) is 103 Å². The molecule has 4 aromatic carbocycles. The van der Waals surface area contributed by atoms with Crippen LogP contribution in [0.2, 0.25) is 0 Å². The second kappa shape index (κ2) is 13.0. The molecule has 0 fully saturated rings. The number of unbranched alkanes of at least 4 members (excludes halogenated alkanes) is 2. The summed E-state index contributed by atoms with van der Waals surface area (Å²) in [5, 5.41) is 5.17. The second-order valence-electron chi connectivity index (χ2n) is 9.23. The normalized spacial score (nSPS) is 10.4. The SMILES string of the molecule is O=C(NCCc1ccccc1)OCCCCC#CC#Cc1ccc2c(c1)c1ccccc1n2-c1ccccc1. The van der Waals surface area contributed by atoms with Crippen molar-refractivity contribution in [1.82, 2.24) is 9.88 Å². The molecular formula is C35H30N2O2. The number of hydrogen-bond donors (Lipinski definition) is 1. The fourth-order valence-electron chi connectivity index (χ4n) is 4.60. The monoisotopic (exact) mass is 510 g/mol. The van der Waals surface area contributed by atoms with E-state index in [1.807, 2.05) is 36.4 Å². The van der Waals surface area contributed by atoms with Crippen LogP contribution in [-0.2, 0) is 11.2 Å². The smallest absolute Gasteiger partial charge is 0.407 e. The number of nitrogens with one attached hydrogen (secondary N) is 1.